The Bertz CT molecular complexity index is 728. The summed E-state index contributed by atoms with van der Waals surface area (Å²) in [7, 11) is 0. The van der Waals surface area contributed by atoms with Crippen molar-refractivity contribution in [1.82, 2.24) is 10.2 Å². The van der Waals surface area contributed by atoms with E-state index in [9.17, 15) is 9.59 Å². The molecule has 0 bridgehead atoms. The van der Waals surface area contributed by atoms with Crippen LogP contribution in [0.1, 0.15) is 76.2 Å². The van der Waals surface area contributed by atoms with Crippen molar-refractivity contribution >= 4 is 17.5 Å². The minimum Gasteiger partial charge on any atom is -0.349 e. The van der Waals surface area contributed by atoms with E-state index in [1.54, 1.807) is 6.92 Å². The molecule has 2 heterocycles. The average molecular weight is 384 g/mol. The fraction of sp³-hybridized carbons (Fsp3) is 0.652. The van der Waals surface area contributed by atoms with Gasteiger partial charge in [0.15, 0.2) is 0 Å². The summed E-state index contributed by atoms with van der Waals surface area (Å²) < 4.78 is 0. The molecule has 4 rings (SSSR count). The lowest BCUT2D eigenvalue weighted by molar-refractivity contribution is -0.122. The lowest BCUT2D eigenvalue weighted by Crippen LogP contribution is -2.53. The lowest BCUT2D eigenvalue weighted by atomic mass is 9.79. The van der Waals surface area contributed by atoms with Gasteiger partial charge in [-0.1, -0.05) is 37.8 Å². The van der Waals surface area contributed by atoms with Crippen LogP contribution in [0.3, 0.4) is 0 Å². The van der Waals surface area contributed by atoms with E-state index in [-0.39, 0.29) is 23.3 Å². The molecule has 0 aromatic heterocycles. The maximum Gasteiger partial charge on any atom is 0.221 e. The number of benzene rings is 1. The van der Waals surface area contributed by atoms with Gasteiger partial charge in [0.1, 0.15) is 0 Å². The van der Waals surface area contributed by atoms with Gasteiger partial charge in [0.05, 0.1) is 5.54 Å². The third-order valence-corrected chi connectivity index (χ3v) is 6.93. The van der Waals surface area contributed by atoms with Gasteiger partial charge in [-0.25, -0.2) is 0 Å². The molecule has 5 heteroatoms. The quantitative estimate of drug-likeness (QED) is 0.834. The van der Waals surface area contributed by atoms with E-state index in [1.807, 2.05) is 12.1 Å². The Morgan fingerprint density at radius 1 is 1.18 bits per heavy atom. The molecule has 1 saturated carbocycles. The van der Waals surface area contributed by atoms with Crippen LogP contribution in [0, 0.1) is 0 Å². The van der Waals surface area contributed by atoms with Crippen molar-refractivity contribution in [3.8, 4) is 0 Å². The topological polar surface area (TPSA) is 61.4 Å². The molecule has 3 aliphatic rings. The van der Waals surface area contributed by atoms with Crippen LogP contribution in [0.4, 0.5) is 5.69 Å². The van der Waals surface area contributed by atoms with Crippen molar-refractivity contribution in [2.45, 2.75) is 82.2 Å². The highest BCUT2D eigenvalue weighted by Gasteiger charge is 2.49. The fourth-order valence-electron chi connectivity index (χ4n) is 5.64. The number of likely N-dealkylation sites (tertiary alicyclic amines) is 1. The first-order valence-corrected chi connectivity index (χ1v) is 11.0. The fourth-order valence-corrected chi connectivity index (χ4v) is 5.64. The van der Waals surface area contributed by atoms with Gasteiger partial charge in [-0.3, -0.25) is 14.5 Å². The lowest BCUT2D eigenvalue weighted by Gasteiger charge is -2.36. The summed E-state index contributed by atoms with van der Waals surface area (Å²) in [6.07, 6.45) is 10.3. The first-order chi connectivity index (χ1) is 13.6. The maximum absolute atomic E-state index is 12.5. The van der Waals surface area contributed by atoms with E-state index in [0.29, 0.717) is 12.5 Å². The third-order valence-electron chi connectivity index (χ3n) is 6.93. The highest BCUT2D eigenvalue weighted by Crippen LogP contribution is 2.43. The van der Waals surface area contributed by atoms with Crippen LogP contribution in [0.15, 0.2) is 24.3 Å². The molecule has 1 aromatic carbocycles. The molecule has 2 N–H and O–H groups in total. The van der Waals surface area contributed by atoms with Gasteiger partial charge in [-0.05, 0) is 43.4 Å². The molecule has 2 amide bonds. The summed E-state index contributed by atoms with van der Waals surface area (Å²) in [5, 5.41) is 6.38. The smallest absolute Gasteiger partial charge is 0.221 e. The summed E-state index contributed by atoms with van der Waals surface area (Å²) in [6.45, 7) is 3.49. The molecule has 3 fully saturated rings. The number of hydrogen-bond acceptors (Lipinski definition) is 3. The number of amides is 2. The van der Waals surface area contributed by atoms with Gasteiger partial charge in [0.25, 0.3) is 0 Å². The average Bonchev–Trinajstić information content (AvgIpc) is 2.94. The largest absolute Gasteiger partial charge is 0.349 e. The normalized spacial score (nSPS) is 29.5. The van der Waals surface area contributed by atoms with Crippen LogP contribution in [-0.2, 0) is 9.59 Å². The molecule has 0 radical (unpaired) electrons. The zero-order valence-electron chi connectivity index (χ0n) is 17.0. The van der Waals surface area contributed by atoms with Crippen molar-refractivity contribution in [2.24, 2.45) is 0 Å². The molecule has 1 aromatic rings. The first-order valence-electron chi connectivity index (χ1n) is 11.0. The number of rotatable bonds is 3. The van der Waals surface area contributed by atoms with E-state index in [1.165, 1.54) is 37.7 Å². The molecule has 28 heavy (non-hydrogen) atoms. The molecule has 1 spiro atoms. The Labute approximate surface area is 168 Å². The van der Waals surface area contributed by atoms with Gasteiger partial charge >= 0.3 is 0 Å². The molecule has 2 saturated heterocycles. The summed E-state index contributed by atoms with van der Waals surface area (Å²) >= 11 is 0. The van der Waals surface area contributed by atoms with Gasteiger partial charge < -0.3 is 10.6 Å². The van der Waals surface area contributed by atoms with E-state index < -0.39 is 0 Å². The zero-order valence-corrected chi connectivity index (χ0v) is 17.0. The Morgan fingerprint density at radius 2 is 2.00 bits per heavy atom. The SMILES string of the molecule is CC(=O)Nc1cccc([C@@H]2CN(C3CCCCC3)C[C@]23CCCCC(=O)N3)c1. The second kappa shape index (κ2) is 8.24. The summed E-state index contributed by atoms with van der Waals surface area (Å²) in [6, 6.07) is 8.89. The molecule has 2 aliphatic heterocycles. The molecule has 0 unspecified atom stereocenters. The minimum absolute atomic E-state index is 0.0510. The molecular formula is C23H33N3O2. The first kappa shape index (κ1) is 19.4. The van der Waals surface area contributed by atoms with Crippen LogP contribution in [-0.4, -0.2) is 41.4 Å². The number of carbonyl (C=O) groups is 2. The predicted octanol–water partition coefficient (Wildman–Crippen LogP) is 3.81. The molecule has 2 atom stereocenters. The highest BCUT2D eigenvalue weighted by atomic mass is 16.2. The Kier molecular flexibility index (Phi) is 5.72. The number of carbonyl (C=O) groups excluding carboxylic acids is 2. The summed E-state index contributed by atoms with van der Waals surface area (Å²) in [5.74, 6) is 0.418. The predicted molar refractivity (Wildman–Crippen MR) is 111 cm³/mol. The van der Waals surface area contributed by atoms with Crippen molar-refractivity contribution in [2.75, 3.05) is 18.4 Å². The monoisotopic (exact) mass is 383 g/mol. The van der Waals surface area contributed by atoms with Gasteiger partial charge in [0.2, 0.25) is 11.8 Å². The third kappa shape index (κ3) is 4.09. The van der Waals surface area contributed by atoms with Crippen LogP contribution in [0.2, 0.25) is 0 Å². The molecule has 1 aliphatic carbocycles. The maximum atomic E-state index is 12.5. The number of nitrogens with one attached hydrogen (secondary N) is 2. The van der Waals surface area contributed by atoms with Gasteiger partial charge in [-0.2, -0.15) is 0 Å². The van der Waals surface area contributed by atoms with Crippen molar-refractivity contribution in [1.29, 1.82) is 0 Å². The summed E-state index contributed by atoms with van der Waals surface area (Å²) in [5.41, 5.74) is 1.89. The van der Waals surface area contributed by atoms with Gasteiger partial charge in [-0.15, -0.1) is 0 Å². The van der Waals surface area contributed by atoms with Crippen LogP contribution >= 0.6 is 0 Å². The highest BCUT2D eigenvalue weighted by molar-refractivity contribution is 5.88. The van der Waals surface area contributed by atoms with Crippen LogP contribution in [0.5, 0.6) is 0 Å². The number of anilines is 1. The number of hydrogen-bond donors (Lipinski definition) is 2. The number of nitrogens with zero attached hydrogens (tertiary/aromatic N) is 1. The van der Waals surface area contributed by atoms with Crippen LogP contribution in [0.25, 0.3) is 0 Å². The van der Waals surface area contributed by atoms with Crippen molar-refractivity contribution in [3.63, 3.8) is 0 Å². The van der Waals surface area contributed by atoms with Gasteiger partial charge in [0, 0.05) is 44.1 Å². The standard InChI is InChI=1S/C23H33N3O2/c1-17(27)24-19-9-7-8-18(14-19)21-15-26(20-10-3-2-4-11-20)16-23(21)13-6-5-12-22(28)25-23/h7-9,14,20-21H,2-6,10-13,15-16H2,1H3,(H,24,27)(H,25,28)/t21-,23+/m0/s1. The Balaban J connectivity index is 1.65. The van der Waals surface area contributed by atoms with E-state index in [0.717, 1.165) is 38.0 Å². The molecular weight excluding hydrogens is 350 g/mol. The second-order valence-electron chi connectivity index (χ2n) is 8.99. The van der Waals surface area contributed by atoms with Crippen molar-refractivity contribution < 1.29 is 9.59 Å². The van der Waals surface area contributed by atoms with Crippen molar-refractivity contribution in [3.05, 3.63) is 29.8 Å². The van der Waals surface area contributed by atoms with Crippen LogP contribution < -0.4 is 10.6 Å². The zero-order chi connectivity index (χ0) is 19.6. The Hall–Kier alpha value is -1.88. The summed E-state index contributed by atoms with van der Waals surface area (Å²) in [4.78, 5) is 26.7. The van der Waals surface area contributed by atoms with E-state index in [4.69, 9.17) is 0 Å². The minimum atomic E-state index is -0.181. The second-order valence-corrected chi connectivity index (χ2v) is 8.99. The van der Waals surface area contributed by atoms with E-state index in [2.05, 4.69) is 27.7 Å². The van der Waals surface area contributed by atoms with E-state index >= 15 is 0 Å². The molecule has 5 nitrogen and oxygen atoms in total. The molecule has 152 valence electrons. The Morgan fingerprint density at radius 3 is 2.79 bits per heavy atom.